The molecule has 0 saturated heterocycles. The first-order chi connectivity index (χ1) is 14.3. The molecular weight excluding hydrogens is 437 g/mol. The first kappa shape index (κ1) is 21.3. The number of alkyl halides is 2. The summed E-state index contributed by atoms with van der Waals surface area (Å²) in [6.45, 7) is 4.64. The van der Waals surface area contributed by atoms with Gasteiger partial charge in [0.25, 0.3) is 5.91 Å². The summed E-state index contributed by atoms with van der Waals surface area (Å²) in [5.41, 5.74) is 4.54. The van der Waals surface area contributed by atoms with Crippen LogP contribution in [0.5, 0.6) is 0 Å². The molecule has 156 valence electrons. The molecular formula is C23H23Cl2N3OS. The molecule has 1 atom stereocenters. The van der Waals surface area contributed by atoms with Gasteiger partial charge in [0.05, 0.1) is 17.9 Å². The number of rotatable bonds is 7. The number of amides is 1. The number of thioether (sulfide) groups is 1. The SMILES string of the molecule is Cc1cc(C)n(Cc2cccc(C(=O)Nc3ccccc3SC[C@H]3CC3(Cl)Cl)c2)n1. The number of aryl methyl sites for hydroxylation is 2. The van der Waals surface area contributed by atoms with Crippen molar-refractivity contribution < 1.29 is 4.79 Å². The van der Waals surface area contributed by atoms with Crippen molar-refractivity contribution in [2.75, 3.05) is 11.1 Å². The van der Waals surface area contributed by atoms with Gasteiger partial charge >= 0.3 is 0 Å². The maximum atomic E-state index is 12.9. The largest absolute Gasteiger partial charge is 0.321 e. The van der Waals surface area contributed by atoms with Gasteiger partial charge in [-0.1, -0.05) is 24.3 Å². The van der Waals surface area contributed by atoms with Gasteiger partial charge < -0.3 is 5.32 Å². The van der Waals surface area contributed by atoms with Gasteiger partial charge in [0.1, 0.15) is 4.33 Å². The van der Waals surface area contributed by atoms with Crippen molar-refractivity contribution in [3.8, 4) is 0 Å². The van der Waals surface area contributed by atoms with Gasteiger partial charge in [0, 0.05) is 27.8 Å². The maximum Gasteiger partial charge on any atom is 0.255 e. The van der Waals surface area contributed by atoms with Crippen molar-refractivity contribution in [1.82, 2.24) is 9.78 Å². The minimum atomic E-state index is -0.586. The summed E-state index contributed by atoms with van der Waals surface area (Å²) in [4.78, 5) is 13.9. The monoisotopic (exact) mass is 459 g/mol. The molecule has 4 nitrogen and oxygen atoms in total. The molecule has 0 aliphatic heterocycles. The highest BCUT2D eigenvalue weighted by Gasteiger charge is 2.51. The fourth-order valence-corrected chi connectivity index (χ4v) is 5.29. The molecule has 1 heterocycles. The summed E-state index contributed by atoms with van der Waals surface area (Å²) >= 11 is 13.9. The topological polar surface area (TPSA) is 46.9 Å². The van der Waals surface area contributed by atoms with Crippen LogP contribution in [-0.4, -0.2) is 25.8 Å². The zero-order valence-corrected chi connectivity index (χ0v) is 19.2. The molecule has 1 N–H and O–H groups in total. The second-order valence-electron chi connectivity index (χ2n) is 7.71. The average Bonchev–Trinajstić information content (AvgIpc) is 3.20. The molecule has 3 aromatic rings. The second kappa shape index (κ2) is 8.66. The Labute approximate surface area is 191 Å². The van der Waals surface area contributed by atoms with Gasteiger partial charge in [-0.2, -0.15) is 5.10 Å². The van der Waals surface area contributed by atoms with E-state index >= 15 is 0 Å². The third kappa shape index (κ3) is 5.02. The van der Waals surface area contributed by atoms with Gasteiger partial charge in [-0.15, -0.1) is 35.0 Å². The zero-order valence-electron chi connectivity index (χ0n) is 16.9. The Morgan fingerprint density at radius 3 is 2.67 bits per heavy atom. The zero-order chi connectivity index (χ0) is 21.3. The lowest BCUT2D eigenvalue weighted by Gasteiger charge is -2.12. The third-order valence-corrected chi connectivity index (χ3v) is 7.32. The average molecular weight is 460 g/mol. The highest BCUT2D eigenvalue weighted by atomic mass is 35.5. The van der Waals surface area contributed by atoms with Crippen LogP contribution in [0, 0.1) is 19.8 Å². The van der Waals surface area contributed by atoms with E-state index in [4.69, 9.17) is 23.2 Å². The van der Waals surface area contributed by atoms with Crippen LogP contribution in [0.1, 0.15) is 33.7 Å². The van der Waals surface area contributed by atoms with E-state index in [1.54, 1.807) is 11.8 Å². The second-order valence-corrected chi connectivity index (χ2v) is 10.3. The molecule has 2 aromatic carbocycles. The number of nitrogens with zero attached hydrogens (tertiary/aromatic N) is 2. The Morgan fingerprint density at radius 2 is 1.97 bits per heavy atom. The Morgan fingerprint density at radius 1 is 1.20 bits per heavy atom. The predicted octanol–water partition coefficient (Wildman–Crippen LogP) is 6.09. The van der Waals surface area contributed by atoms with E-state index in [-0.39, 0.29) is 5.91 Å². The number of aromatic nitrogens is 2. The molecule has 1 amide bonds. The van der Waals surface area contributed by atoms with E-state index in [1.165, 1.54) is 0 Å². The van der Waals surface area contributed by atoms with Gasteiger partial charge in [-0.3, -0.25) is 9.48 Å². The molecule has 0 unspecified atom stereocenters. The van der Waals surface area contributed by atoms with Crippen LogP contribution in [-0.2, 0) is 6.54 Å². The Hall–Kier alpha value is -1.95. The molecule has 1 fully saturated rings. The van der Waals surface area contributed by atoms with E-state index in [0.717, 1.165) is 39.7 Å². The van der Waals surface area contributed by atoms with Crippen LogP contribution in [0.15, 0.2) is 59.5 Å². The van der Waals surface area contributed by atoms with E-state index in [2.05, 4.69) is 10.4 Å². The Balaban J connectivity index is 1.45. The highest BCUT2D eigenvalue weighted by molar-refractivity contribution is 7.99. The van der Waals surface area contributed by atoms with Crippen molar-refractivity contribution in [2.24, 2.45) is 5.92 Å². The van der Waals surface area contributed by atoms with Crippen molar-refractivity contribution in [3.63, 3.8) is 0 Å². The molecule has 1 aliphatic carbocycles. The fraction of sp³-hybridized carbons (Fsp3) is 0.304. The molecule has 0 bridgehead atoms. The summed E-state index contributed by atoms with van der Waals surface area (Å²) in [5.74, 6) is 0.993. The number of anilines is 1. The smallest absolute Gasteiger partial charge is 0.255 e. The predicted molar refractivity (Wildman–Crippen MR) is 125 cm³/mol. The lowest BCUT2D eigenvalue weighted by Crippen LogP contribution is -2.13. The third-order valence-electron chi connectivity index (χ3n) is 5.16. The van der Waals surface area contributed by atoms with Gasteiger partial charge in [-0.25, -0.2) is 0 Å². The van der Waals surface area contributed by atoms with Crippen LogP contribution >= 0.6 is 35.0 Å². The molecule has 0 radical (unpaired) electrons. The van der Waals surface area contributed by atoms with Gasteiger partial charge in [0.2, 0.25) is 0 Å². The lowest BCUT2D eigenvalue weighted by molar-refractivity contribution is 0.102. The highest BCUT2D eigenvalue weighted by Crippen LogP contribution is 2.55. The summed E-state index contributed by atoms with van der Waals surface area (Å²) < 4.78 is 1.36. The maximum absolute atomic E-state index is 12.9. The molecule has 1 saturated carbocycles. The van der Waals surface area contributed by atoms with E-state index in [9.17, 15) is 4.79 Å². The molecule has 7 heteroatoms. The minimum Gasteiger partial charge on any atom is -0.321 e. The number of benzene rings is 2. The molecule has 0 spiro atoms. The first-order valence-corrected chi connectivity index (χ1v) is 11.6. The van der Waals surface area contributed by atoms with Gasteiger partial charge in [-0.05, 0) is 56.2 Å². The summed E-state index contributed by atoms with van der Waals surface area (Å²) in [7, 11) is 0. The van der Waals surface area contributed by atoms with E-state index < -0.39 is 4.33 Å². The van der Waals surface area contributed by atoms with Crippen LogP contribution in [0.3, 0.4) is 0 Å². The van der Waals surface area contributed by atoms with E-state index in [1.807, 2.05) is 73.1 Å². The van der Waals surface area contributed by atoms with Crippen molar-refractivity contribution >= 4 is 46.6 Å². The number of carbonyl (C=O) groups excluding carboxylic acids is 1. The standard InChI is InChI=1S/C23H23Cl2N3OS/c1-15-10-16(2)28(27-15)13-17-6-5-7-18(11-17)22(29)26-20-8-3-4-9-21(20)30-14-19-12-23(19,24)25/h3-11,19H,12-14H2,1-2H3,(H,26,29)/t19-/m1/s1. The molecule has 1 aliphatic rings. The van der Waals surface area contributed by atoms with Crippen LogP contribution in [0.25, 0.3) is 0 Å². The Kier molecular flexibility index (Phi) is 6.14. The van der Waals surface area contributed by atoms with Crippen molar-refractivity contribution in [3.05, 3.63) is 77.1 Å². The van der Waals surface area contributed by atoms with Crippen LogP contribution < -0.4 is 5.32 Å². The first-order valence-electron chi connectivity index (χ1n) is 9.83. The summed E-state index contributed by atoms with van der Waals surface area (Å²) in [6, 6.07) is 17.5. The number of halogens is 2. The van der Waals surface area contributed by atoms with Crippen LogP contribution in [0.4, 0.5) is 5.69 Å². The molecule has 4 rings (SSSR count). The van der Waals surface area contributed by atoms with Crippen LogP contribution in [0.2, 0.25) is 0 Å². The molecule has 1 aromatic heterocycles. The lowest BCUT2D eigenvalue weighted by atomic mass is 10.1. The van der Waals surface area contributed by atoms with E-state index in [0.29, 0.717) is 18.0 Å². The normalized spacial score (nSPS) is 17.0. The Bertz CT molecular complexity index is 1080. The number of hydrogen-bond acceptors (Lipinski definition) is 3. The number of nitrogens with one attached hydrogen (secondary N) is 1. The summed E-state index contributed by atoms with van der Waals surface area (Å²) in [5, 5.41) is 7.55. The number of hydrogen-bond donors (Lipinski definition) is 1. The summed E-state index contributed by atoms with van der Waals surface area (Å²) in [6.07, 6.45) is 0.819. The minimum absolute atomic E-state index is 0.131. The van der Waals surface area contributed by atoms with Crippen molar-refractivity contribution in [1.29, 1.82) is 0 Å². The quantitative estimate of drug-likeness (QED) is 0.343. The van der Waals surface area contributed by atoms with Gasteiger partial charge in [0.15, 0.2) is 0 Å². The fourth-order valence-electron chi connectivity index (χ4n) is 3.35. The number of carbonyl (C=O) groups is 1. The number of para-hydroxylation sites is 1. The van der Waals surface area contributed by atoms with Crippen molar-refractivity contribution in [2.45, 2.75) is 36.0 Å². The molecule has 30 heavy (non-hydrogen) atoms.